The number of hydrogen-bond acceptors (Lipinski definition) is 6. The fourth-order valence-corrected chi connectivity index (χ4v) is 2.85. The van der Waals surface area contributed by atoms with Gasteiger partial charge in [0.05, 0.1) is 18.9 Å². The molecule has 0 atom stereocenters. The van der Waals surface area contributed by atoms with Crippen molar-refractivity contribution in [2.24, 2.45) is 0 Å². The highest BCUT2D eigenvalue weighted by Gasteiger charge is 2.05. The standard InChI is InChI=1S/C9H7BrN6S/c10-6-1-2-17-7(6)3-12-8-4-11-5-9-13-14-15-16(8)9/h1-2,4-5,12H,3H2. The van der Waals surface area contributed by atoms with Gasteiger partial charge in [0.15, 0.2) is 11.5 Å². The van der Waals surface area contributed by atoms with E-state index < -0.39 is 0 Å². The Balaban J connectivity index is 1.86. The third-order valence-electron chi connectivity index (χ3n) is 2.23. The summed E-state index contributed by atoms with van der Waals surface area (Å²) in [5, 5.41) is 16.6. The van der Waals surface area contributed by atoms with Crippen molar-refractivity contribution in [3.63, 3.8) is 0 Å². The average molecular weight is 311 g/mol. The molecule has 0 radical (unpaired) electrons. The van der Waals surface area contributed by atoms with Crippen molar-refractivity contribution in [2.75, 3.05) is 5.32 Å². The summed E-state index contributed by atoms with van der Waals surface area (Å²) in [5.74, 6) is 0.771. The summed E-state index contributed by atoms with van der Waals surface area (Å²) in [6.07, 6.45) is 3.32. The maximum absolute atomic E-state index is 4.07. The van der Waals surface area contributed by atoms with Crippen molar-refractivity contribution in [3.05, 3.63) is 33.2 Å². The van der Waals surface area contributed by atoms with E-state index in [1.165, 1.54) is 4.88 Å². The minimum atomic E-state index is 0.625. The van der Waals surface area contributed by atoms with Gasteiger partial charge >= 0.3 is 0 Å². The topological polar surface area (TPSA) is 68.0 Å². The number of anilines is 1. The molecule has 0 fully saturated rings. The molecule has 0 bridgehead atoms. The maximum Gasteiger partial charge on any atom is 0.199 e. The lowest BCUT2D eigenvalue weighted by atomic mass is 10.4. The van der Waals surface area contributed by atoms with Crippen molar-refractivity contribution < 1.29 is 0 Å². The zero-order chi connectivity index (χ0) is 11.7. The first-order chi connectivity index (χ1) is 8.34. The Morgan fingerprint density at radius 3 is 3.18 bits per heavy atom. The van der Waals surface area contributed by atoms with Crippen LogP contribution in [0.15, 0.2) is 28.3 Å². The predicted octanol–water partition coefficient (Wildman–Crippen LogP) is 1.96. The molecule has 0 aromatic carbocycles. The zero-order valence-corrected chi connectivity index (χ0v) is 10.9. The minimum Gasteiger partial charge on any atom is -0.364 e. The molecule has 3 heterocycles. The molecule has 3 aromatic rings. The van der Waals surface area contributed by atoms with E-state index in [1.54, 1.807) is 28.2 Å². The molecule has 0 spiro atoms. The third kappa shape index (κ3) is 2.01. The van der Waals surface area contributed by atoms with Crippen LogP contribution in [0.4, 0.5) is 5.82 Å². The number of tetrazole rings is 1. The van der Waals surface area contributed by atoms with E-state index in [2.05, 4.69) is 41.8 Å². The van der Waals surface area contributed by atoms with Gasteiger partial charge in [0, 0.05) is 9.35 Å². The SMILES string of the molecule is Brc1ccsc1CNc1cncc2nnnn12. The molecule has 0 unspecified atom stereocenters. The van der Waals surface area contributed by atoms with Crippen molar-refractivity contribution in [3.8, 4) is 0 Å². The number of nitrogens with one attached hydrogen (secondary N) is 1. The van der Waals surface area contributed by atoms with Crippen LogP contribution in [-0.2, 0) is 6.54 Å². The van der Waals surface area contributed by atoms with Crippen LogP contribution in [0.1, 0.15) is 4.88 Å². The average Bonchev–Trinajstić information content (AvgIpc) is 2.95. The van der Waals surface area contributed by atoms with Gasteiger partial charge in [0.2, 0.25) is 0 Å². The van der Waals surface area contributed by atoms with Gasteiger partial charge in [-0.3, -0.25) is 4.98 Å². The lowest BCUT2D eigenvalue weighted by Gasteiger charge is -2.05. The van der Waals surface area contributed by atoms with Gasteiger partial charge in [-0.05, 0) is 37.8 Å². The summed E-state index contributed by atoms with van der Waals surface area (Å²) >= 11 is 5.18. The quantitative estimate of drug-likeness (QED) is 0.801. The number of aromatic nitrogens is 5. The number of halogens is 1. The summed E-state index contributed by atoms with van der Waals surface area (Å²) in [6.45, 7) is 0.707. The number of hydrogen-bond donors (Lipinski definition) is 1. The molecule has 0 aliphatic heterocycles. The molecule has 1 N–H and O–H groups in total. The lowest BCUT2D eigenvalue weighted by Crippen LogP contribution is -2.05. The molecule has 8 heteroatoms. The molecule has 6 nitrogen and oxygen atoms in total. The molecule has 0 amide bonds. The molecule has 0 aliphatic rings. The second-order valence-electron chi connectivity index (χ2n) is 3.29. The summed E-state index contributed by atoms with van der Waals surface area (Å²) in [7, 11) is 0. The summed E-state index contributed by atoms with van der Waals surface area (Å²) in [5.41, 5.74) is 0.625. The normalized spacial score (nSPS) is 10.9. The Bertz CT molecular complexity index is 648. The van der Waals surface area contributed by atoms with Crippen LogP contribution in [0.25, 0.3) is 5.65 Å². The molecule has 3 aromatic heterocycles. The van der Waals surface area contributed by atoms with Crippen LogP contribution in [0.3, 0.4) is 0 Å². The van der Waals surface area contributed by atoms with Crippen molar-refractivity contribution in [2.45, 2.75) is 6.54 Å². The molecule has 0 saturated carbocycles. The Hall–Kier alpha value is -1.54. The fraction of sp³-hybridized carbons (Fsp3) is 0.111. The summed E-state index contributed by atoms with van der Waals surface area (Å²) in [4.78, 5) is 5.29. The molecule has 86 valence electrons. The van der Waals surface area contributed by atoms with Gasteiger partial charge in [-0.1, -0.05) is 0 Å². The van der Waals surface area contributed by atoms with Crippen molar-refractivity contribution in [1.82, 2.24) is 25.0 Å². The first kappa shape index (κ1) is 10.6. The third-order valence-corrected chi connectivity index (χ3v) is 4.16. The van der Waals surface area contributed by atoms with Crippen LogP contribution in [0.2, 0.25) is 0 Å². The molecule has 0 saturated heterocycles. The van der Waals surface area contributed by atoms with E-state index in [1.807, 2.05) is 11.4 Å². The smallest absolute Gasteiger partial charge is 0.199 e. The highest BCUT2D eigenvalue weighted by atomic mass is 79.9. The van der Waals surface area contributed by atoms with Gasteiger partial charge < -0.3 is 5.32 Å². The van der Waals surface area contributed by atoms with Gasteiger partial charge in [-0.15, -0.1) is 16.4 Å². The van der Waals surface area contributed by atoms with E-state index in [-0.39, 0.29) is 0 Å². The minimum absolute atomic E-state index is 0.625. The Morgan fingerprint density at radius 2 is 2.35 bits per heavy atom. The van der Waals surface area contributed by atoms with E-state index in [9.17, 15) is 0 Å². The number of nitrogens with zero attached hydrogens (tertiary/aromatic N) is 5. The van der Waals surface area contributed by atoms with E-state index in [0.717, 1.165) is 10.3 Å². The Labute approximate surface area is 109 Å². The highest BCUT2D eigenvalue weighted by molar-refractivity contribution is 9.10. The first-order valence-electron chi connectivity index (χ1n) is 4.82. The Kier molecular flexibility index (Phi) is 2.73. The van der Waals surface area contributed by atoms with Crippen LogP contribution < -0.4 is 5.32 Å². The van der Waals surface area contributed by atoms with Gasteiger partial charge in [-0.25, -0.2) is 0 Å². The molecule has 0 aliphatic carbocycles. The number of fused-ring (bicyclic) bond motifs is 1. The highest BCUT2D eigenvalue weighted by Crippen LogP contribution is 2.23. The van der Waals surface area contributed by atoms with Crippen molar-refractivity contribution in [1.29, 1.82) is 0 Å². The van der Waals surface area contributed by atoms with Gasteiger partial charge in [-0.2, -0.15) is 4.52 Å². The number of thiophene rings is 1. The monoisotopic (exact) mass is 310 g/mol. The van der Waals surface area contributed by atoms with Crippen LogP contribution in [0.5, 0.6) is 0 Å². The molecule has 17 heavy (non-hydrogen) atoms. The van der Waals surface area contributed by atoms with Gasteiger partial charge in [0.25, 0.3) is 0 Å². The fourth-order valence-electron chi connectivity index (χ4n) is 1.42. The van der Waals surface area contributed by atoms with Crippen LogP contribution >= 0.6 is 27.3 Å². The summed E-state index contributed by atoms with van der Waals surface area (Å²) < 4.78 is 2.72. The maximum atomic E-state index is 4.07. The largest absolute Gasteiger partial charge is 0.364 e. The van der Waals surface area contributed by atoms with Gasteiger partial charge in [0.1, 0.15) is 0 Å². The molecule has 3 rings (SSSR count). The van der Waals surface area contributed by atoms with Crippen molar-refractivity contribution >= 4 is 38.7 Å². The van der Waals surface area contributed by atoms with Crippen LogP contribution in [-0.4, -0.2) is 25.0 Å². The number of rotatable bonds is 3. The predicted molar refractivity (Wildman–Crippen MR) is 67.9 cm³/mol. The first-order valence-corrected chi connectivity index (χ1v) is 6.50. The van der Waals surface area contributed by atoms with E-state index in [0.29, 0.717) is 12.2 Å². The second-order valence-corrected chi connectivity index (χ2v) is 5.14. The zero-order valence-electron chi connectivity index (χ0n) is 8.54. The second kappa shape index (κ2) is 4.38. The van der Waals surface area contributed by atoms with E-state index >= 15 is 0 Å². The molecular formula is C9H7BrN6S. The summed E-state index contributed by atoms with van der Waals surface area (Å²) in [6, 6.07) is 2.03. The molecular weight excluding hydrogens is 304 g/mol. The lowest BCUT2D eigenvalue weighted by molar-refractivity contribution is 0.820. The Morgan fingerprint density at radius 1 is 1.41 bits per heavy atom. The van der Waals surface area contributed by atoms with E-state index in [4.69, 9.17) is 0 Å². The van der Waals surface area contributed by atoms with Crippen LogP contribution in [0, 0.1) is 0 Å².